The molecule has 1 aromatic heterocycles. The molecule has 0 spiro atoms. The van der Waals surface area contributed by atoms with Gasteiger partial charge in [0.05, 0.1) is 10.9 Å². The summed E-state index contributed by atoms with van der Waals surface area (Å²) in [5.41, 5.74) is 2.09. The Hall–Kier alpha value is -2.25. The summed E-state index contributed by atoms with van der Waals surface area (Å²) in [6, 6.07) is 8.50. The van der Waals surface area contributed by atoms with Crippen LogP contribution in [0.25, 0.3) is 0 Å². The molecular formula is C18H21N3O3S. The Morgan fingerprint density at radius 2 is 1.96 bits per heavy atom. The molecule has 1 N–H and O–H groups in total. The molecule has 1 amide bonds. The van der Waals surface area contributed by atoms with E-state index in [-0.39, 0.29) is 16.8 Å². The highest BCUT2D eigenvalue weighted by Crippen LogP contribution is 2.37. The van der Waals surface area contributed by atoms with Crippen molar-refractivity contribution in [1.82, 2.24) is 9.29 Å². The first-order chi connectivity index (χ1) is 11.9. The molecule has 0 bridgehead atoms. The molecule has 1 aliphatic heterocycles. The van der Waals surface area contributed by atoms with Crippen molar-refractivity contribution in [2.45, 2.75) is 37.6 Å². The Bertz CT molecular complexity index is 882. The van der Waals surface area contributed by atoms with Gasteiger partial charge in [-0.2, -0.15) is 4.31 Å². The maximum absolute atomic E-state index is 13.3. The number of pyridine rings is 1. The third-order valence-electron chi connectivity index (χ3n) is 4.39. The number of anilines is 1. The summed E-state index contributed by atoms with van der Waals surface area (Å²) < 4.78 is 28.1. The number of sulfonamides is 1. The van der Waals surface area contributed by atoms with Gasteiger partial charge in [-0.15, -0.1) is 0 Å². The fraction of sp³-hybridized carbons (Fsp3) is 0.333. The SMILES string of the molecule is CC(=O)Nc1ccc(C)c(S(=O)(=O)N2CCCC2c2ccncc2)c1. The minimum Gasteiger partial charge on any atom is -0.326 e. The van der Waals surface area contributed by atoms with Gasteiger partial charge in [-0.25, -0.2) is 8.42 Å². The molecule has 1 unspecified atom stereocenters. The number of aryl methyl sites for hydroxylation is 1. The Morgan fingerprint density at radius 3 is 2.64 bits per heavy atom. The number of nitrogens with zero attached hydrogens (tertiary/aromatic N) is 2. The van der Waals surface area contributed by atoms with Gasteiger partial charge in [0, 0.05) is 31.5 Å². The van der Waals surface area contributed by atoms with E-state index in [1.54, 1.807) is 35.8 Å². The summed E-state index contributed by atoms with van der Waals surface area (Å²) in [6.45, 7) is 3.65. The topological polar surface area (TPSA) is 79.4 Å². The molecule has 0 radical (unpaired) electrons. The second-order valence-corrected chi connectivity index (χ2v) is 8.07. The molecule has 1 aliphatic rings. The molecule has 6 nitrogen and oxygen atoms in total. The van der Waals surface area contributed by atoms with Gasteiger partial charge in [-0.05, 0) is 55.2 Å². The van der Waals surface area contributed by atoms with Crippen molar-refractivity contribution in [3.63, 3.8) is 0 Å². The van der Waals surface area contributed by atoms with Crippen LogP contribution in [0.2, 0.25) is 0 Å². The summed E-state index contributed by atoms with van der Waals surface area (Å²) in [5, 5.41) is 2.65. The average molecular weight is 359 g/mol. The number of hydrogen-bond donors (Lipinski definition) is 1. The van der Waals surface area contributed by atoms with Crippen LogP contribution in [0, 0.1) is 6.92 Å². The van der Waals surface area contributed by atoms with Crippen LogP contribution < -0.4 is 5.32 Å². The number of nitrogens with one attached hydrogen (secondary N) is 1. The minimum absolute atomic E-state index is 0.183. The van der Waals surface area contributed by atoms with E-state index in [1.807, 2.05) is 12.1 Å². The first-order valence-electron chi connectivity index (χ1n) is 8.19. The first kappa shape index (κ1) is 17.6. The fourth-order valence-corrected chi connectivity index (χ4v) is 5.17. The van der Waals surface area contributed by atoms with Crippen molar-refractivity contribution < 1.29 is 13.2 Å². The van der Waals surface area contributed by atoms with E-state index >= 15 is 0 Å². The van der Waals surface area contributed by atoms with E-state index in [0.717, 1.165) is 18.4 Å². The molecule has 3 rings (SSSR count). The van der Waals surface area contributed by atoms with E-state index in [0.29, 0.717) is 17.8 Å². The number of amides is 1. The van der Waals surface area contributed by atoms with Crippen LogP contribution in [0.15, 0.2) is 47.6 Å². The predicted molar refractivity (Wildman–Crippen MR) is 95.6 cm³/mol. The van der Waals surface area contributed by atoms with E-state index in [1.165, 1.54) is 13.0 Å². The van der Waals surface area contributed by atoms with Gasteiger partial charge in [0.2, 0.25) is 15.9 Å². The summed E-state index contributed by atoms with van der Waals surface area (Å²) in [5.74, 6) is -0.233. The fourth-order valence-electron chi connectivity index (χ4n) is 3.23. The molecule has 1 atom stereocenters. The summed E-state index contributed by atoms with van der Waals surface area (Å²) in [4.78, 5) is 15.5. The Balaban J connectivity index is 2.00. The van der Waals surface area contributed by atoms with Crippen LogP contribution in [0.4, 0.5) is 5.69 Å². The normalized spacial score (nSPS) is 18.2. The maximum atomic E-state index is 13.3. The van der Waals surface area contributed by atoms with Crippen molar-refractivity contribution in [3.05, 3.63) is 53.9 Å². The van der Waals surface area contributed by atoms with Crippen molar-refractivity contribution in [2.24, 2.45) is 0 Å². The number of hydrogen-bond acceptors (Lipinski definition) is 4. The Labute approximate surface area is 147 Å². The lowest BCUT2D eigenvalue weighted by Crippen LogP contribution is -2.31. The van der Waals surface area contributed by atoms with Crippen LogP contribution >= 0.6 is 0 Å². The van der Waals surface area contributed by atoms with E-state index < -0.39 is 10.0 Å². The molecule has 2 heterocycles. The quantitative estimate of drug-likeness (QED) is 0.910. The molecule has 1 aromatic carbocycles. The van der Waals surface area contributed by atoms with Gasteiger partial charge >= 0.3 is 0 Å². The lowest BCUT2D eigenvalue weighted by molar-refractivity contribution is -0.114. The van der Waals surface area contributed by atoms with Crippen LogP contribution in [0.1, 0.15) is 36.9 Å². The molecule has 132 valence electrons. The third-order valence-corrected chi connectivity index (χ3v) is 6.44. The molecule has 7 heteroatoms. The third kappa shape index (κ3) is 3.57. The van der Waals surface area contributed by atoms with Gasteiger partial charge in [0.1, 0.15) is 0 Å². The number of benzene rings is 1. The lowest BCUT2D eigenvalue weighted by atomic mass is 10.1. The number of rotatable bonds is 4. The number of carbonyl (C=O) groups is 1. The summed E-state index contributed by atoms with van der Waals surface area (Å²) >= 11 is 0. The summed E-state index contributed by atoms with van der Waals surface area (Å²) in [7, 11) is -3.66. The minimum atomic E-state index is -3.66. The molecule has 0 aliphatic carbocycles. The van der Waals surface area contributed by atoms with Gasteiger partial charge in [0.15, 0.2) is 0 Å². The zero-order valence-electron chi connectivity index (χ0n) is 14.3. The van der Waals surface area contributed by atoms with Crippen molar-refractivity contribution in [1.29, 1.82) is 0 Å². The van der Waals surface area contributed by atoms with Gasteiger partial charge in [0.25, 0.3) is 0 Å². The maximum Gasteiger partial charge on any atom is 0.243 e. The van der Waals surface area contributed by atoms with Crippen molar-refractivity contribution >= 4 is 21.6 Å². The number of carbonyl (C=O) groups excluding carboxylic acids is 1. The predicted octanol–water partition coefficient (Wildman–Crippen LogP) is 2.87. The number of aromatic nitrogens is 1. The molecule has 25 heavy (non-hydrogen) atoms. The monoisotopic (exact) mass is 359 g/mol. The molecule has 1 fully saturated rings. The van der Waals surface area contributed by atoms with E-state index in [4.69, 9.17) is 0 Å². The van der Waals surface area contributed by atoms with Gasteiger partial charge in [-0.3, -0.25) is 9.78 Å². The molecule has 0 saturated carbocycles. The highest BCUT2D eigenvalue weighted by molar-refractivity contribution is 7.89. The second-order valence-electron chi connectivity index (χ2n) is 6.22. The Morgan fingerprint density at radius 1 is 1.24 bits per heavy atom. The van der Waals surface area contributed by atoms with Crippen molar-refractivity contribution in [2.75, 3.05) is 11.9 Å². The first-order valence-corrected chi connectivity index (χ1v) is 9.63. The highest BCUT2D eigenvalue weighted by Gasteiger charge is 2.36. The zero-order valence-corrected chi connectivity index (χ0v) is 15.1. The largest absolute Gasteiger partial charge is 0.326 e. The van der Waals surface area contributed by atoms with Crippen LogP contribution in [-0.2, 0) is 14.8 Å². The summed E-state index contributed by atoms with van der Waals surface area (Å²) in [6.07, 6.45) is 4.96. The van der Waals surface area contributed by atoms with Gasteiger partial charge in [-0.1, -0.05) is 6.07 Å². The molecular weight excluding hydrogens is 338 g/mol. The van der Waals surface area contributed by atoms with Crippen LogP contribution in [0.3, 0.4) is 0 Å². The smallest absolute Gasteiger partial charge is 0.243 e. The van der Waals surface area contributed by atoms with E-state index in [9.17, 15) is 13.2 Å². The average Bonchev–Trinajstić information content (AvgIpc) is 3.07. The molecule has 2 aromatic rings. The highest BCUT2D eigenvalue weighted by atomic mass is 32.2. The van der Waals surface area contributed by atoms with Crippen LogP contribution in [-0.4, -0.2) is 30.2 Å². The Kier molecular flexibility index (Phi) is 4.87. The van der Waals surface area contributed by atoms with E-state index in [2.05, 4.69) is 10.3 Å². The zero-order chi connectivity index (χ0) is 18.0. The lowest BCUT2D eigenvalue weighted by Gasteiger charge is -2.25. The standard InChI is InChI=1S/C18H21N3O3S/c1-13-5-6-16(20-14(2)22)12-18(13)25(23,24)21-11-3-4-17(21)15-7-9-19-10-8-15/h5-10,12,17H,3-4,11H2,1-2H3,(H,20,22). The second kappa shape index (κ2) is 6.93. The van der Waals surface area contributed by atoms with Gasteiger partial charge < -0.3 is 5.32 Å². The molecule has 1 saturated heterocycles. The van der Waals surface area contributed by atoms with Crippen LogP contribution in [0.5, 0.6) is 0 Å². The van der Waals surface area contributed by atoms with Crippen molar-refractivity contribution in [3.8, 4) is 0 Å².